The number of halogens is 1. The van der Waals surface area contributed by atoms with Crippen LogP contribution in [0.4, 0.5) is 4.39 Å². The van der Waals surface area contributed by atoms with Crippen LogP contribution in [0.5, 0.6) is 0 Å². The van der Waals surface area contributed by atoms with Gasteiger partial charge in [-0.1, -0.05) is 0 Å². The Hall–Kier alpha value is -2.28. The van der Waals surface area contributed by atoms with Crippen LogP contribution in [0, 0.1) is 12.7 Å². The predicted octanol–water partition coefficient (Wildman–Crippen LogP) is 2.27. The van der Waals surface area contributed by atoms with Crippen molar-refractivity contribution in [1.82, 2.24) is 24.6 Å². The summed E-state index contributed by atoms with van der Waals surface area (Å²) in [5.74, 6) is 0.357. The van der Waals surface area contributed by atoms with Crippen LogP contribution < -0.4 is 0 Å². The van der Waals surface area contributed by atoms with E-state index < -0.39 is 0 Å². The maximum absolute atomic E-state index is 13.1. The zero-order valence-electron chi connectivity index (χ0n) is 14.9. The van der Waals surface area contributed by atoms with Gasteiger partial charge in [-0.2, -0.15) is 0 Å². The van der Waals surface area contributed by atoms with Crippen molar-refractivity contribution in [2.75, 3.05) is 26.7 Å². The van der Waals surface area contributed by atoms with Gasteiger partial charge in [0, 0.05) is 12.6 Å². The van der Waals surface area contributed by atoms with Gasteiger partial charge >= 0.3 is 0 Å². The van der Waals surface area contributed by atoms with Crippen LogP contribution in [0.25, 0.3) is 5.69 Å². The van der Waals surface area contributed by atoms with E-state index in [0.717, 1.165) is 25.9 Å². The lowest BCUT2D eigenvalue weighted by Gasteiger charge is -2.36. The van der Waals surface area contributed by atoms with E-state index in [4.69, 9.17) is 0 Å². The number of rotatable bonds is 4. The molecule has 7 heteroatoms. The van der Waals surface area contributed by atoms with E-state index in [9.17, 15) is 9.18 Å². The van der Waals surface area contributed by atoms with Crippen molar-refractivity contribution >= 4 is 5.91 Å². The molecule has 2 heterocycles. The number of carbonyl (C=O) groups excluding carboxylic acids is 1. The second-order valence-corrected chi connectivity index (χ2v) is 6.50. The number of aryl methyl sites for hydroxylation is 1. The van der Waals surface area contributed by atoms with Crippen LogP contribution in [0.15, 0.2) is 24.3 Å². The first-order chi connectivity index (χ1) is 12.0. The smallest absolute Gasteiger partial charge is 0.293 e. The Morgan fingerprint density at radius 2 is 1.92 bits per heavy atom. The molecule has 0 aliphatic carbocycles. The van der Waals surface area contributed by atoms with Crippen LogP contribution >= 0.6 is 0 Å². The van der Waals surface area contributed by atoms with Gasteiger partial charge in [-0.15, -0.1) is 5.10 Å². The summed E-state index contributed by atoms with van der Waals surface area (Å²) in [7, 11) is 2.10. The standard InChI is InChI=1S/C18H24FN5O/c1-4-23(15-9-11-22(3)12-10-15)18(25)17-20-13(2)24(21-17)16-7-5-14(19)6-8-16/h5-8,15H,4,9-12H2,1-3H3. The van der Waals surface area contributed by atoms with Gasteiger partial charge in [-0.05, 0) is 71.1 Å². The molecule has 0 spiro atoms. The predicted molar refractivity (Wildman–Crippen MR) is 93.3 cm³/mol. The molecule has 0 radical (unpaired) electrons. The van der Waals surface area contributed by atoms with Gasteiger partial charge in [0.05, 0.1) is 5.69 Å². The summed E-state index contributed by atoms with van der Waals surface area (Å²) >= 11 is 0. The van der Waals surface area contributed by atoms with E-state index in [1.54, 1.807) is 23.7 Å². The molecule has 1 aromatic carbocycles. The summed E-state index contributed by atoms with van der Waals surface area (Å²) in [6.07, 6.45) is 1.93. The van der Waals surface area contributed by atoms with E-state index >= 15 is 0 Å². The molecule has 2 aromatic rings. The van der Waals surface area contributed by atoms with E-state index in [-0.39, 0.29) is 23.6 Å². The van der Waals surface area contributed by atoms with E-state index in [2.05, 4.69) is 22.0 Å². The van der Waals surface area contributed by atoms with E-state index in [1.807, 2.05) is 11.8 Å². The van der Waals surface area contributed by atoms with Gasteiger partial charge in [0.15, 0.2) is 0 Å². The molecule has 25 heavy (non-hydrogen) atoms. The molecule has 1 aliphatic heterocycles. The normalized spacial score (nSPS) is 16.2. The molecule has 0 bridgehead atoms. The van der Waals surface area contributed by atoms with E-state index in [1.165, 1.54) is 12.1 Å². The second kappa shape index (κ2) is 7.31. The van der Waals surface area contributed by atoms with Crippen molar-refractivity contribution in [3.8, 4) is 5.69 Å². The quantitative estimate of drug-likeness (QED) is 0.853. The molecule has 134 valence electrons. The van der Waals surface area contributed by atoms with Gasteiger partial charge in [0.2, 0.25) is 5.82 Å². The Balaban J connectivity index is 1.82. The summed E-state index contributed by atoms with van der Waals surface area (Å²) in [5.41, 5.74) is 0.688. The average Bonchev–Trinajstić information content (AvgIpc) is 2.99. The van der Waals surface area contributed by atoms with Gasteiger partial charge in [-0.25, -0.2) is 14.1 Å². The number of amides is 1. The SMILES string of the molecule is CCN(C(=O)c1nc(C)n(-c2ccc(F)cc2)n1)C1CCN(C)CC1. The highest BCUT2D eigenvalue weighted by molar-refractivity contribution is 5.90. The molecular formula is C18H24FN5O. The first kappa shape index (κ1) is 17.5. The molecule has 1 saturated heterocycles. The first-order valence-electron chi connectivity index (χ1n) is 8.68. The van der Waals surface area contributed by atoms with Gasteiger partial charge < -0.3 is 9.80 Å². The second-order valence-electron chi connectivity index (χ2n) is 6.50. The van der Waals surface area contributed by atoms with Crippen molar-refractivity contribution in [3.63, 3.8) is 0 Å². The zero-order valence-corrected chi connectivity index (χ0v) is 14.9. The summed E-state index contributed by atoms with van der Waals surface area (Å²) in [6.45, 7) is 6.40. The lowest BCUT2D eigenvalue weighted by Crippen LogP contribution is -2.46. The van der Waals surface area contributed by atoms with Crippen LogP contribution in [0.2, 0.25) is 0 Å². The minimum absolute atomic E-state index is 0.138. The topological polar surface area (TPSA) is 54.3 Å². The number of nitrogens with zero attached hydrogens (tertiary/aromatic N) is 5. The third-order valence-corrected chi connectivity index (χ3v) is 4.76. The molecule has 0 unspecified atom stereocenters. The van der Waals surface area contributed by atoms with Gasteiger partial charge in [0.1, 0.15) is 11.6 Å². The molecule has 6 nitrogen and oxygen atoms in total. The average molecular weight is 345 g/mol. The first-order valence-corrected chi connectivity index (χ1v) is 8.68. The zero-order chi connectivity index (χ0) is 18.0. The molecule has 1 aliphatic rings. The molecule has 0 saturated carbocycles. The van der Waals surface area contributed by atoms with Crippen molar-refractivity contribution in [1.29, 1.82) is 0 Å². The van der Waals surface area contributed by atoms with Crippen molar-refractivity contribution in [3.05, 3.63) is 41.7 Å². The molecule has 3 rings (SSSR count). The minimum Gasteiger partial charge on any atom is -0.333 e. The molecule has 1 fully saturated rings. The van der Waals surface area contributed by atoms with Gasteiger partial charge in [-0.3, -0.25) is 4.79 Å². The lowest BCUT2D eigenvalue weighted by atomic mass is 10.0. The van der Waals surface area contributed by atoms with Crippen LogP contribution in [0.1, 0.15) is 36.2 Å². The monoisotopic (exact) mass is 345 g/mol. The van der Waals surface area contributed by atoms with Crippen LogP contribution in [-0.4, -0.2) is 63.2 Å². The number of benzene rings is 1. The van der Waals surface area contributed by atoms with Crippen molar-refractivity contribution in [2.45, 2.75) is 32.7 Å². The van der Waals surface area contributed by atoms with Crippen molar-refractivity contribution < 1.29 is 9.18 Å². The number of likely N-dealkylation sites (tertiary alicyclic amines) is 1. The number of hydrogen-bond donors (Lipinski definition) is 0. The van der Waals surface area contributed by atoms with Crippen molar-refractivity contribution in [2.24, 2.45) is 0 Å². The van der Waals surface area contributed by atoms with Crippen LogP contribution in [-0.2, 0) is 0 Å². The highest BCUT2D eigenvalue weighted by Gasteiger charge is 2.29. The summed E-state index contributed by atoms with van der Waals surface area (Å²) in [4.78, 5) is 21.4. The van der Waals surface area contributed by atoms with Gasteiger partial charge in [0.25, 0.3) is 5.91 Å². The lowest BCUT2D eigenvalue weighted by molar-refractivity contribution is 0.0594. The minimum atomic E-state index is -0.308. The summed E-state index contributed by atoms with van der Waals surface area (Å²) in [5, 5.41) is 4.37. The molecule has 1 amide bonds. The molecular weight excluding hydrogens is 321 g/mol. The van der Waals surface area contributed by atoms with Crippen LogP contribution in [0.3, 0.4) is 0 Å². The molecule has 0 atom stereocenters. The number of hydrogen-bond acceptors (Lipinski definition) is 4. The Bertz CT molecular complexity index is 734. The number of carbonyl (C=O) groups is 1. The fraction of sp³-hybridized carbons (Fsp3) is 0.500. The van der Waals surface area contributed by atoms with E-state index in [0.29, 0.717) is 18.1 Å². The Morgan fingerprint density at radius 1 is 1.28 bits per heavy atom. The Kier molecular flexibility index (Phi) is 5.13. The third kappa shape index (κ3) is 3.71. The fourth-order valence-electron chi connectivity index (χ4n) is 3.31. The Morgan fingerprint density at radius 3 is 2.52 bits per heavy atom. The Labute approximate surface area is 147 Å². The number of aromatic nitrogens is 3. The fourth-order valence-corrected chi connectivity index (χ4v) is 3.31. The summed E-state index contributed by atoms with van der Waals surface area (Å²) < 4.78 is 14.7. The summed E-state index contributed by atoms with van der Waals surface area (Å²) in [6, 6.07) is 6.22. The largest absolute Gasteiger partial charge is 0.333 e. The number of piperidine rings is 1. The maximum atomic E-state index is 13.1. The maximum Gasteiger partial charge on any atom is 0.293 e. The third-order valence-electron chi connectivity index (χ3n) is 4.76. The molecule has 1 aromatic heterocycles. The molecule has 0 N–H and O–H groups in total. The highest BCUT2D eigenvalue weighted by atomic mass is 19.1. The highest BCUT2D eigenvalue weighted by Crippen LogP contribution is 2.18.